The van der Waals surface area contributed by atoms with Gasteiger partial charge in [0.2, 0.25) is 12.7 Å². The Hall–Kier alpha value is -5.55. The average Bonchev–Trinajstić information content (AvgIpc) is 3.28. The molecule has 1 aromatic carbocycles. The Bertz CT molecular complexity index is 1670. The monoisotopic (exact) mass is 626 g/mol. The number of carboxylic acid groups (broad SMARTS) is 1. The molecule has 1 N–H and O–H groups in total. The molecule has 0 spiro atoms. The molecule has 3 aromatic rings. The number of ether oxygens (including phenoxy) is 4. The van der Waals surface area contributed by atoms with Crippen molar-refractivity contribution in [1.29, 1.82) is 0 Å². The Morgan fingerprint density at radius 3 is 2.45 bits per heavy atom. The van der Waals surface area contributed by atoms with Gasteiger partial charge in [0.05, 0.1) is 6.04 Å². The maximum absolute atomic E-state index is 14.7. The molecule has 3 heterocycles. The van der Waals surface area contributed by atoms with Crippen LogP contribution in [0.3, 0.4) is 0 Å². The lowest BCUT2D eigenvalue weighted by molar-refractivity contribution is -0.146. The standard InChI is InChI=1S/C26H19F5N4O9/c1-13-10-34-20(35(13)25(40)43-12-42-22(38)3-2-21(36)37)9-19(33-24(34)39)41-11-14-6-16(27)23(17(28)7-14)44-15-4-5-32-18(8-15)26(29,30)31/h2-9,13H,10-12H2,1H3,(H,36,37)/b3-2+/t13-/m1/s1. The zero-order valence-electron chi connectivity index (χ0n) is 22.2. The molecule has 1 aliphatic rings. The number of pyridine rings is 1. The van der Waals surface area contributed by atoms with Crippen molar-refractivity contribution in [3.63, 3.8) is 0 Å². The summed E-state index contributed by atoms with van der Waals surface area (Å²) in [6, 6.07) is 3.60. The number of amides is 1. The highest BCUT2D eigenvalue weighted by Gasteiger charge is 2.35. The summed E-state index contributed by atoms with van der Waals surface area (Å²) in [5.41, 5.74) is -2.26. The van der Waals surface area contributed by atoms with E-state index in [1.54, 1.807) is 6.92 Å². The van der Waals surface area contributed by atoms with E-state index < -0.39 is 78.2 Å². The van der Waals surface area contributed by atoms with Crippen LogP contribution in [-0.2, 0) is 38.4 Å². The van der Waals surface area contributed by atoms with Gasteiger partial charge in [-0.05, 0) is 30.7 Å². The number of alkyl halides is 3. The number of hydrogen-bond donors (Lipinski definition) is 1. The van der Waals surface area contributed by atoms with E-state index in [0.717, 1.165) is 33.9 Å². The van der Waals surface area contributed by atoms with Gasteiger partial charge < -0.3 is 24.1 Å². The third-order valence-corrected chi connectivity index (χ3v) is 5.73. The van der Waals surface area contributed by atoms with Crippen LogP contribution >= 0.6 is 0 Å². The van der Waals surface area contributed by atoms with Gasteiger partial charge in [0.25, 0.3) is 0 Å². The van der Waals surface area contributed by atoms with Crippen molar-refractivity contribution < 1.29 is 60.4 Å². The number of aromatic nitrogens is 3. The van der Waals surface area contributed by atoms with E-state index in [0.29, 0.717) is 18.2 Å². The molecule has 4 rings (SSSR count). The maximum atomic E-state index is 14.7. The van der Waals surface area contributed by atoms with Crippen LogP contribution in [0.2, 0.25) is 0 Å². The van der Waals surface area contributed by atoms with E-state index in [1.165, 1.54) is 6.07 Å². The summed E-state index contributed by atoms with van der Waals surface area (Å²) in [6.07, 6.45) is -3.95. The molecule has 0 saturated carbocycles. The lowest BCUT2D eigenvalue weighted by Crippen LogP contribution is -2.36. The second-order valence-corrected chi connectivity index (χ2v) is 8.88. The molecule has 1 aliphatic heterocycles. The van der Waals surface area contributed by atoms with E-state index in [4.69, 9.17) is 19.3 Å². The Morgan fingerprint density at radius 2 is 1.80 bits per heavy atom. The molecule has 44 heavy (non-hydrogen) atoms. The number of anilines is 1. The van der Waals surface area contributed by atoms with E-state index in [2.05, 4.69) is 14.7 Å². The highest BCUT2D eigenvalue weighted by molar-refractivity contribution is 5.91. The van der Waals surface area contributed by atoms with Gasteiger partial charge in [-0.25, -0.2) is 28.0 Å². The van der Waals surface area contributed by atoms with Crippen LogP contribution in [0.5, 0.6) is 17.4 Å². The molecule has 0 fully saturated rings. The molecule has 13 nitrogen and oxygen atoms in total. The molecule has 0 saturated heterocycles. The number of benzene rings is 1. The Kier molecular flexibility index (Phi) is 9.10. The third-order valence-electron chi connectivity index (χ3n) is 5.73. The maximum Gasteiger partial charge on any atom is 0.433 e. The fraction of sp³-hybridized carbons (Fsp3) is 0.231. The summed E-state index contributed by atoms with van der Waals surface area (Å²) in [7, 11) is 0. The van der Waals surface area contributed by atoms with Crippen LogP contribution in [0.15, 0.2) is 53.5 Å². The summed E-state index contributed by atoms with van der Waals surface area (Å²) >= 11 is 0. The van der Waals surface area contributed by atoms with E-state index in [1.807, 2.05) is 0 Å². The van der Waals surface area contributed by atoms with E-state index in [9.17, 15) is 41.1 Å². The molecular formula is C26H19F5N4O9. The number of carboxylic acids is 1. The van der Waals surface area contributed by atoms with Gasteiger partial charge in [-0.3, -0.25) is 14.5 Å². The van der Waals surface area contributed by atoms with Crippen LogP contribution in [0.25, 0.3) is 0 Å². The van der Waals surface area contributed by atoms with Crippen LogP contribution in [0.1, 0.15) is 18.2 Å². The van der Waals surface area contributed by atoms with Crippen molar-refractivity contribution in [1.82, 2.24) is 14.5 Å². The van der Waals surface area contributed by atoms with Gasteiger partial charge >= 0.3 is 29.9 Å². The van der Waals surface area contributed by atoms with Crippen molar-refractivity contribution >= 4 is 23.8 Å². The van der Waals surface area contributed by atoms with Gasteiger partial charge in [0.15, 0.2) is 17.4 Å². The molecule has 2 aromatic heterocycles. The van der Waals surface area contributed by atoms with Crippen molar-refractivity contribution in [3.05, 3.63) is 82.1 Å². The third kappa shape index (κ3) is 7.44. The fourth-order valence-corrected chi connectivity index (χ4v) is 3.86. The Balaban J connectivity index is 1.44. The molecule has 0 aliphatic carbocycles. The highest BCUT2D eigenvalue weighted by atomic mass is 19.4. The normalized spacial score (nSPS) is 14.3. The average molecular weight is 626 g/mol. The van der Waals surface area contributed by atoms with E-state index >= 15 is 0 Å². The number of fused-ring (bicyclic) bond motifs is 1. The topological polar surface area (TPSA) is 159 Å². The first-order chi connectivity index (χ1) is 20.7. The lowest BCUT2D eigenvalue weighted by atomic mass is 10.2. The Labute approximate surface area is 242 Å². The summed E-state index contributed by atoms with van der Waals surface area (Å²) in [4.78, 5) is 55.0. The van der Waals surface area contributed by atoms with Crippen molar-refractivity contribution in [2.75, 3.05) is 11.7 Å². The first kappa shape index (κ1) is 31.4. The molecular weight excluding hydrogens is 607 g/mol. The number of esters is 1. The molecule has 1 amide bonds. The predicted octanol–water partition coefficient (Wildman–Crippen LogP) is 3.79. The minimum absolute atomic E-state index is 0.0114. The summed E-state index contributed by atoms with van der Waals surface area (Å²) in [6.45, 7) is 0.181. The number of nitrogens with zero attached hydrogens (tertiary/aromatic N) is 4. The highest BCUT2D eigenvalue weighted by Crippen LogP contribution is 2.33. The van der Waals surface area contributed by atoms with E-state index in [-0.39, 0.29) is 23.8 Å². The summed E-state index contributed by atoms with van der Waals surface area (Å²) < 4.78 is 88.9. The van der Waals surface area contributed by atoms with Crippen molar-refractivity contribution in [2.45, 2.75) is 32.3 Å². The number of aliphatic carboxylic acids is 1. The van der Waals surface area contributed by atoms with Gasteiger partial charge in [-0.15, -0.1) is 0 Å². The summed E-state index contributed by atoms with van der Waals surface area (Å²) in [5.74, 6) is -6.87. The largest absolute Gasteiger partial charge is 0.478 e. The number of rotatable bonds is 9. The fourth-order valence-electron chi connectivity index (χ4n) is 3.86. The lowest BCUT2D eigenvalue weighted by Gasteiger charge is -2.20. The minimum atomic E-state index is -4.81. The zero-order chi connectivity index (χ0) is 32.2. The SMILES string of the molecule is C[C@@H]1Cn2c(cc(OCc3cc(F)c(Oc4ccnc(C(F)(F)F)c4)c(F)c3)nc2=O)N1C(=O)OCOC(=O)/C=C/C(=O)O. The van der Waals surface area contributed by atoms with Gasteiger partial charge in [-0.1, -0.05) is 0 Å². The molecule has 0 bridgehead atoms. The van der Waals surface area contributed by atoms with Crippen LogP contribution in [-0.4, -0.2) is 50.5 Å². The number of hydrogen-bond acceptors (Lipinski definition) is 10. The number of carbonyl (C=O) groups is 3. The molecule has 1 atom stereocenters. The minimum Gasteiger partial charge on any atom is -0.478 e. The van der Waals surface area contributed by atoms with Crippen LogP contribution in [0.4, 0.5) is 32.6 Å². The predicted molar refractivity (Wildman–Crippen MR) is 135 cm³/mol. The quantitative estimate of drug-likeness (QED) is 0.159. The van der Waals surface area contributed by atoms with Crippen molar-refractivity contribution in [3.8, 4) is 17.4 Å². The summed E-state index contributed by atoms with van der Waals surface area (Å²) in [5, 5.41) is 8.50. The Morgan fingerprint density at radius 1 is 1.09 bits per heavy atom. The number of carbonyl (C=O) groups excluding carboxylic acids is 2. The second-order valence-electron chi connectivity index (χ2n) is 8.88. The molecule has 18 heteroatoms. The zero-order valence-corrected chi connectivity index (χ0v) is 22.2. The van der Waals surface area contributed by atoms with Gasteiger partial charge in [0, 0.05) is 37.0 Å². The first-order valence-corrected chi connectivity index (χ1v) is 12.2. The smallest absolute Gasteiger partial charge is 0.433 e. The first-order valence-electron chi connectivity index (χ1n) is 12.2. The van der Waals surface area contributed by atoms with Gasteiger partial charge in [0.1, 0.15) is 23.9 Å². The van der Waals surface area contributed by atoms with Crippen molar-refractivity contribution in [2.24, 2.45) is 0 Å². The van der Waals surface area contributed by atoms with Crippen LogP contribution < -0.4 is 20.1 Å². The molecule has 0 radical (unpaired) electrons. The van der Waals surface area contributed by atoms with Crippen LogP contribution in [0, 0.1) is 11.6 Å². The molecule has 0 unspecified atom stereocenters. The number of halogens is 5. The van der Waals surface area contributed by atoms with Gasteiger partial charge in [-0.2, -0.15) is 18.2 Å². The second kappa shape index (κ2) is 12.8. The molecule has 232 valence electrons.